The van der Waals surface area contributed by atoms with Gasteiger partial charge in [0.2, 0.25) is 7.37 Å². The summed E-state index contributed by atoms with van der Waals surface area (Å²) in [4.78, 5) is 10.8. The van der Waals surface area contributed by atoms with Crippen LogP contribution in [-0.2, 0) is 58.2 Å². The Balaban J connectivity index is 1.62. The maximum atomic E-state index is 14.6. The summed E-state index contributed by atoms with van der Waals surface area (Å²) < 4.78 is 65.5. The Morgan fingerprint density at radius 3 is 1.19 bits per heavy atom. The molecule has 1 N–H and O–H groups in total. The fourth-order valence-electron chi connectivity index (χ4n) is 4.01. The second kappa shape index (κ2) is 15.2. The monoisotopic (exact) mass is 628 g/mol. The first-order valence-electron chi connectivity index (χ1n) is 13.4. The fraction of sp³-hybridized carbons (Fsp3) is 0.226. The van der Waals surface area contributed by atoms with E-state index in [-0.39, 0.29) is 26.4 Å². The van der Waals surface area contributed by atoms with Crippen LogP contribution in [0.3, 0.4) is 0 Å². The van der Waals surface area contributed by atoms with Crippen LogP contribution in [0, 0.1) is 0 Å². The largest absolute Gasteiger partial charge is 0.343 e. The van der Waals surface area contributed by atoms with Gasteiger partial charge in [-0.25, -0.2) is 0 Å². The maximum absolute atomic E-state index is 14.6. The molecular weight excluding hydrogens is 593 g/mol. The Bertz CT molecular complexity index is 1470. The highest BCUT2D eigenvalue weighted by atomic mass is 31.3. The van der Waals surface area contributed by atoms with Crippen molar-refractivity contribution < 1.29 is 36.7 Å². The van der Waals surface area contributed by atoms with E-state index in [2.05, 4.69) is 0 Å². The minimum atomic E-state index is -4.50. The number of hydrogen-bond donors (Lipinski definition) is 1. The highest BCUT2D eigenvalue weighted by molar-refractivity contribution is 7.81. The lowest BCUT2D eigenvalue weighted by Gasteiger charge is -2.31. The average Bonchev–Trinajstić information content (AvgIpc) is 3.02. The Morgan fingerprint density at radius 1 is 0.524 bits per heavy atom. The normalized spacial score (nSPS) is 15.4. The zero-order chi connectivity index (χ0) is 29.9. The van der Waals surface area contributed by atoms with Gasteiger partial charge in [-0.3, -0.25) is 13.7 Å². The zero-order valence-corrected chi connectivity index (χ0v) is 26.0. The summed E-state index contributed by atoms with van der Waals surface area (Å²) in [5.74, 6) is -0.867. The van der Waals surface area contributed by atoms with Crippen molar-refractivity contribution in [2.75, 3.05) is 5.90 Å². The molecule has 0 amide bonds. The summed E-state index contributed by atoms with van der Waals surface area (Å²) in [6.45, 7) is 0.932. The van der Waals surface area contributed by atoms with E-state index in [1.54, 1.807) is 72.8 Å². The summed E-state index contributed by atoms with van der Waals surface area (Å²) in [7, 11) is -13.0. The van der Waals surface area contributed by atoms with Gasteiger partial charge in [-0.05, 0) is 29.2 Å². The molecule has 4 aromatic carbocycles. The Hall–Kier alpha value is -2.63. The van der Waals surface area contributed by atoms with E-state index in [4.69, 9.17) is 18.1 Å². The molecule has 0 aliphatic heterocycles. The summed E-state index contributed by atoms with van der Waals surface area (Å²) in [6, 6.07) is 36.0. The molecule has 3 unspecified atom stereocenters. The minimum absolute atomic E-state index is 0.0861. The number of rotatable bonds is 16. The average molecular weight is 629 g/mol. The van der Waals surface area contributed by atoms with Gasteiger partial charge in [0.25, 0.3) is 0 Å². The Labute approximate surface area is 247 Å². The van der Waals surface area contributed by atoms with Gasteiger partial charge in [0.05, 0.1) is 26.4 Å². The number of benzene rings is 4. The van der Waals surface area contributed by atoms with Gasteiger partial charge < -0.3 is 23.0 Å². The first-order chi connectivity index (χ1) is 20.2. The number of hydrogen-bond acceptors (Lipinski definition) is 7. The molecule has 0 aliphatic rings. The predicted octanol–water partition coefficient (Wildman–Crippen LogP) is 8.81. The Kier molecular flexibility index (Phi) is 11.7. The molecule has 0 saturated heterocycles. The molecule has 0 bridgehead atoms. The summed E-state index contributed by atoms with van der Waals surface area (Å²) >= 11 is 0. The van der Waals surface area contributed by atoms with Crippen LogP contribution in [-0.4, -0.2) is 16.2 Å². The molecule has 3 atom stereocenters. The summed E-state index contributed by atoms with van der Waals surface area (Å²) in [5.41, 5.74) is 2.82. The molecule has 8 nitrogen and oxygen atoms in total. The van der Waals surface area contributed by atoms with Crippen LogP contribution in [0.25, 0.3) is 0 Å². The van der Waals surface area contributed by atoms with Crippen LogP contribution < -0.4 is 0 Å². The molecule has 0 fully saturated rings. The molecule has 222 valence electrons. The SMILES string of the molecule is CC(P(=O)(CP(=O)(O)OCc1ccccc1)OCc1ccccc1)P(=O)(OCc1ccccc1)OCc1ccccc1. The van der Waals surface area contributed by atoms with Gasteiger partial charge in [-0.1, -0.05) is 121 Å². The predicted molar refractivity (Wildman–Crippen MR) is 164 cm³/mol. The van der Waals surface area contributed by atoms with E-state index in [1.807, 2.05) is 48.5 Å². The maximum Gasteiger partial charge on any atom is 0.343 e. The van der Waals surface area contributed by atoms with Crippen LogP contribution in [0.2, 0.25) is 0 Å². The molecule has 4 aromatic rings. The van der Waals surface area contributed by atoms with Gasteiger partial charge in [0, 0.05) is 0 Å². The van der Waals surface area contributed by atoms with Crippen LogP contribution in [0.4, 0.5) is 0 Å². The van der Waals surface area contributed by atoms with Crippen molar-refractivity contribution >= 4 is 22.6 Å². The van der Waals surface area contributed by atoms with E-state index < -0.39 is 33.9 Å². The van der Waals surface area contributed by atoms with E-state index >= 15 is 0 Å². The lowest BCUT2D eigenvalue weighted by Crippen LogP contribution is -2.15. The standard InChI is InChI=1S/C31H35O8P3/c1-27(42(35,38-24-30-18-10-4-11-19-30)39-25-31-20-12-5-13-21-31)40(32,36-22-28-14-6-2-7-15-28)26-41(33,34)37-23-29-16-8-3-9-17-29/h2-21,27H,22-26H2,1H3,(H,33,34). The van der Waals surface area contributed by atoms with Crippen LogP contribution >= 0.6 is 22.6 Å². The van der Waals surface area contributed by atoms with Crippen LogP contribution in [0.15, 0.2) is 121 Å². The Morgan fingerprint density at radius 2 is 0.833 bits per heavy atom. The van der Waals surface area contributed by atoms with E-state index in [9.17, 15) is 18.6 Å². The molecule has 0 saturated carbocycles. The lowest BCUT2D eigenvalue weighted by atomic mass is 10.2. The van der Waals surface area contributed by atoms with Crippen LogP contribution in [0.1, 0.15) is 29.2 Å². The quantitative estimate of drug-likeness (QED) is 0.123. The lowest BCUT2D eigenvalue weighted by molar-refractivity contribution is 0.187. The van der Waals surface area contributed by atoms with Gasteiger partial charge in [0.15, 0.2) is 0 Å². The van der Waals surface area contributed by atoms with E-state index in [0.717, 1.165) is 11.1 Å². The summed E-state index contributed by atoms with van der Waals surface area (Å²) in [5, 5.41) is -1.39. The first-order valence-corrected chi connectivity index (χ1v) is 18.7. The third-order valence-electron chi connectivity index (χ3n) is 6.48. The van der Waals surface area contributed by atoms with Gasteiger partial charge >= 0.3 is 15.2 Å². The van der Waals surface area contributed by atoms with E-state index in [1.165, 1.54) is 6.92 Å². The molecule has 0 aliphatic carbocycles. The smallest absolute Gasteiger partial charge is 0.324 e. The molecule has 42 heavy (non-hydrogen) atoms. The van der Waals surface area contributed by atoms with Crippen molar-refractivity contribution in [2.45, 2.75) is 38.8 Å². The third-order valence-corrected chi connectivity index (χ3v) is 15.5. The summed E-state index contributed by atoms with van der Waals surface area (Å²) in [6.07, 6.45) is 0. The highest BCUT2D eigenvalue weighted by Crippen LogP contribution is 2.74. The molecule has 0 radical (unpaired) electrons. The zero-order valence-electron chi connectivity index (χ0n) is 23.3. The van der Waals surface area contributed by atoms with Crippen LogP contribution in [0.5, 0.6) is 0 Å². The molecule has 0 heterocycles. The molecule has 11 heteroatoms. The third kappa shape index (κ3) is 9.70. The van der Waals surface area contributed by atoms with Crippen molar-refractivity contribution in [3.05, 3.63) is 144 Å². The van der Waals surface area contributed by atoms with Crippen molar-refractivity contribution in [3.63, 3.8) is 0 Å². The van der Waals surface area contributed by atoms with Gasteiger partial charge in [-0.2, -0.15) is 0 Å². The first kappa shape index (κ1) is 32.3. The van der Waals surface area contributed by atoms with Gasteiger partial charge in [0.1, 0.15) is 11.3 Å². The minimum Gasteiger partial charge on any atom is -0.324 e. The van der Waals surface area contributed by atoms with Gasteiger partial charge in [-0.15, -0.1) is 0 Å². The fourth-order valence-corrected chi connectivity index (χ4v) is 12.7. The molecule has 0 spiro atoms. The van der Waals surface area contributed by atoms with Crippen molar-refractivity contribution in [3.8, 4) is 0 Å². The second-order valence-electron chi connectivity index (χ2n) is 9.71. The van der Waals surface area contributed by atoms with Crippen molar-refractivity contribution in [1.82, 2.24) is 0 Å². The van der Waals surface area contributed by atoms with E-state index in [0.29, 0.717) is 11.1 Å². The topological polar surface area (TPSA) is 108 Å². The van der Waals surface area contributed by atoms with Crippen molar-refractivity contribution in [2.24, 2.45) is 0 Å². The molecule has 4 rings (SSSR count). The highest BCUT2D eigenvalue weighted by Gasteiger charge is 2.50. The van der Waals surface area contributed by atoms with Crippen molar-refractivity contribution in [1.29, 1.82) is 0 Å². The molecular formula is C31H35O8P3. The molecule has 0 aromatic heterocycles. The second-order valence-corrected chi connectivity index (χ2v) is 17.6.